The number of allylic oxidation sites excluding steroid dienone is 4. The Labute approximate surface area is 380 Å². The summed E-state index contributed by atoms with van der Waals surface area (Å²) < 4.78 is 34.6. The number of hydrogen-bond donors (Lipinski definition) is 8. The molecule has 1 saturated carbocycles. The van der Waals surface area contributed by atoms with Gasteiger partial charge in [-0.3, -0.25) is 23.4 Å². The van der Waals surface area contributed by atoms with Gasteiger partial charge in [0.25, 0.3) is 0 Å². The minimum absolute atomic E-state index is 0.0981. The van der Waals surface area contributed by atoms with Crippen molar-refractivity contribution in [1.82, 2.24) is 0 Å². The molecule has 0 aromatic heterocycles. The Morgan fingerprint density at radius 1 is 0.812 bits per heavy atom. The number of hydrogen-bond acceptors (Lipinski definition) is 15. The van der Waals surface area contributed by atoms with Crippen LogP contribution in [0.5, 0.6) is 0 Å². The second kappa shape index (κ2) is 33.2. The van der Waals surface area contributed by atoms with Gasteiger partial charge in [-0.1, -0.05) is 121 Å². The number of ketones is 1. The highest BCUT2D eigenvalue weighted by Crippen LogP contribution is 2.47. The third kappa shape index (κ3) is 23.4. The molecule has 2 aliphatic rings. The molecule has 16 nitrogen and oxygen atoms in total. The molecule has 2 rings (SSSR count). The van der Waals surface area contributed by atoms with E-state index < -0.39 is 112 Å². The van der Waals surface area contributed by atoms with Gasteiger partial charge in [0.2, 0.25) is 0 Å². The van der Waals surface area contributed by atoms with E-state index in [1.807, 2.05) is 6.92 Å². The maximum Gasteiger partial charge on any atom is 0.472 e. The first kappa shape index (κ1) is 57.8. The maximum absolute atomic E-state index is 13.7. The number of carbonyl (C=O) groups excluding carboxylic acids is 3. The Morgan fingerprint density at radius 3 is 2.09 bits per heavy atom. The van der Waals surface area contributed by atoms with Crippen molar-refractivity contribution < 1.29 is 78.1 Å². The predicted molar refractivity (Wildman–Crippen MR) is 240 cm³/mol. The van der Waals surface area contributed by atoms with Gasteiger partial charge in [-0.15, -0.1) is 0 Å². The van der Waals surface area contributed by atoms with Gasteiger partial charge < -0.3 is 50.1 Å². The molecule has 1 aliphatic carbocycles. The van der Waals surface area contributed by atoms with E-state index in [4.69, 9.17) is 18.5 Å². The highest BCUT2D eigenvalue weighted by Gasteiger charge is 2.49. The SMILES string of the molecule is CCCCCC/C=C\CCCCCCCCCC(=O)OC[C@@H]1COP(=O)(O)O[C@H]2[C@H](O)[C@@H](O)[C@H](O)[C@@H](C/C=C\CCCC(=O)O1)[C@@H](O)CC(=O)[C@H](/C=C/[C@@H](O)CCCCC)[C@@H](O)[C@H]2O. The Morgan fingerprint density at radius 2 is 1.42 bits per heavy atom. The summed E-state index contributed by atoms with van der Waals surface area (Å²) >= 11 is 0. The molecular weight excluding hydrogens is 851 g/mol. The first-order valence-corrected chi connectivity index (χ1v) is 25.4. The molecule has 1 unspecified atom stereocenters. The molecule has 64 heavy (non-hydrogen) atoms. The molecule has 2 bridgehead atoms. The van der Waals surface area contributed by atoms with Crippen molar-refractivity contribution in [1.29, 1.82) is 0 Å². The van der Waals surface area contributed by atoms with Crippen molar-refractivity contribution in [2.75, 3.05) is 13.2 Å². The van der Waals surface area contributed by atoms with Crippen molar-refractivity contribution in [3.8, 4) is 0 Å². The van der Waals surface area contributed by atoms with Gasteiger partial charge in [-0.05, 0) is 57.8 Å². The maximum atomic E-state index is 13.7. The second-order valence-corrected chi connectivity index (χ2v) is 18.8. The van der Waals surface area contributed by atoms with Crippen LogP contribution in [0.3, 0.4) is 0 Å². The number of ether oxygens (including phenoxy) is 2. The summed E-state index contributed by atoms with van der Waals surface area (Å²) in [7, 11) is -5.46. The summed E-state index contributed by atoms with van der Waals surface area (Å²) in [6.07, 6.45) is 8.89. The van der Waals surface area contributed by atoms with Crippen LogP contribution in [0.15, 0.2) is 36.5 Å². The average molecular weight is 933 g/mol. The molecule has 17 heteroatoms. The number of aliphatic hydroxyl groups is 7. The van der Waals surface area contributed by atoms with Gasteiger partial charge in [0.15, 0.2) is 6.10 Å². The normalized spacial score (nSPS) is 31.7. The molecule has 1 fully saturated rings. The first-order valence-electron chi connectivity index (χ1n) is 23.9. The van der Waals surface area contributed by atoms with E-state index in [0.717, 1.165) is 70.3 Å². The van der Waals surface area contributed by atoms with Gasteiger partial charge in [0.1, 0.15) is 36.8 Å². The molecule has 8 N–H and O–H groups in total. The van der Waals surface area contributed by atoms with Crippen molar-refractivity contribution >= 4 is 25.5 Å². The number of phosphoric acid groups is 1. The minimum Gasteiger partial charge on any atom is -0.462 e. The largest absolute Gasteiger partial charge is 0.472 e. The second-order valence-electron chi connectivity index (χ2n) is 17.4. The molecule has 0 spiro atoms. The van der Waals surface area contributed by atoms with Crippen LogP contribution in [0, 0.1) is 11.8 Å². The fraction of sp³-hybridized carbons (Fsp3) is 0.809. The van der Waals surface area contributed by atoms with Crippen LogP contribution in [0.1, 0.15) is 162 Å². The van der Waals surface area contributed by atoms with E-state index in [1.54, 1.807) is 12.2 Å². The summed E-state index contributed by atoms with van der Waals surface area (Å²) in [5.74, 6) is -5.13. The molecule has 0 radical (unpaired) electrons. The molecule has 0 saturated heterocycles. The van der Waals surface area contributed by atoms with Crippen LogP contribution in [0.2, 0.25) is 0 Å². The van der Waals surface area contributed by atoms with E-state index >= 15 is 0 Å². The van der Waals surface area contributed by atoms with E-state index in [9.17, 15) is 59.6 Å². The zero-order chi connectivity index (χ0) is 47.3. The molecule has 0 amide bonds. The van der Waals surface area contributed by atoms with Crippen LogP contribution in [0.25, 0.3) is 0 Å². The monoisotopic (exact) mass is 933 g/mol. The van der Waals surface area contributed by atoms with Crippen molar-refractivity contribution in [2.24, 2.45) is 11.8 Å². The van der Waals surface area contributed by atoms with Crippen LogP contribution in [-0.2, 0) is 37.5 Å². The number of unbranched alkanes of at least 4 members (excludes halogenated alkanes) is 13. The topological polar surface area (TPSA) is 267 Å². The van der Waals surface area contributed by atoms with Crippen LogP contribution >= 0.6 is 7.82 Å². The third-order valence-electron chi connectivity index (χ3n) is 11.8. The quantitative estimate of drug-likeness (QED) is 0.0254. The average Bonchev–Trinajstić information content (AvgIpc) is 3.26. The van der Waals surface area contributed by atoms with Gasteiger partial charge in [0.05, 0.1) is 36.9 Å². The van der Waals surface area contributed by atoms with E-state index in [1.165, 1.54) is 31.8 Å². The number of fused-ring (bicyclic) bond motifs is 4. The standard InChI is InChI=1S/C47H81O16P/c1-3-5-7-8-9-10-11-12-13-14-15-16-17-18-23-27-40(51)60-32-35-33-61-64(58,59)63-47-45(56)43(54)37(30-29-34(48)25-21-6-4-2)39(50)31-38(49)36(42(53)44(55)46(47)57)26-22-19-20-24-28-41(52)62-35/h10-11,19,22,29-30,34-38,42-49,53-57H,3-9,12-18,20-21,23-28,31-33H2,1-2H3,(H,58,59)/b11-10-,22-19-,30-29+/t34-,35+,36-,37-,38-,42+,43+,44-,45+,46+,47+/m0/s1. The number of aliphatic hydroxyl groups excluding tert-OH is 7. The zero-order valence-electron chi connectivity index (χ0n) is 38.3. The Hall–Kier alpha value is -2.34. The Bertz CT molecular complexity index is 1440. The Kier molecular flexibility index (Phi) is 30.0. The molecular formula is C47H81O16P. The lowest BCUT2D eigenvalue weighted by molar-refractivity contribution is -0.166. The van der Waals surface area contributed by atoms with Crippen molar-refractivity contribution in [3.63, 3.8) is 0 Å². The lowest BCUT2D eigenvalue weighted by Crippen LogP contribution is -2.55. The molecule has 12 atom stereocenters. The lowest BCUT2D eigenvalue weighted by Gasteiger charge is -2.36. The van der Waals surface area contributed by atoms with Crippen LogP contribution in [-0.4, -0.2) is 127 Å². The van der Waals surface area contributed by atoms with Crippen molar-refractivity contribution in [3.05, 3.63) is 36.5 Å². The smallest absolute Gasteiger partial charge is 0.462 e. The fourth-order valence-corrected chi connectivity index (χ4v) is 8.79. The molecule has 1 aliphatic heterocycles. The minimum atomic E-state index is -5.46. The summed E-state index contributed by atoms with van der Waals surface area (Å²) in [4.78, 5) is 50.0. The molecule has 1 heterocycles. The van der Waals surface area contributed by atoms with Gasteiger partial charge >= 0.3 is 19.8 Å². The van der Waals surface area contributed by atoms with E-state index in [0.29, 0.717) is 25.7 Å². The lowest BCUT2D eigenvalue weighted by atomic mass is 9.83. The number of esters is 2. The van der Waals surface area contributed by atoms with Crippen LogP contribution in [0.4, 0.5) is 0 Å². The molecule has 0 aromatic carbocycles. The van der Waals surface area contributed by atoms with E-state index in [2.05, 4.69) is 19.1 Å². The number of Topliss-reactive ketones (excluding diaryl/α,β-unsaturated/α-hetero) is 1. The van der Waals surface area contributed by atoms with Gasteiger partial charge in [-0.2, -0.15) is 0 Å². The predicted octanol–water partition coefficient (Wildman–Crippen LogP) is 5.98. The van der Waals surface area contributed by atoms with Gasteiger partial charge in [-0.25, -0.2) is 4.57 Å². The number of cyclic esters (lactones) is 1. The third-order valence-corrected chi connectivity index (χ3v) is 12.8. The number of carbonyl (C=O) groups is 3. The van der Waals surface area contributed by atoms with Crippen molar-refractivity contribution in [2.45, 2.75) is 216 Å². The Balaban J connectivity index is 2.15. The highest BCUT2D eigenvalue weighted by molar-refractivity contribution is 7.47. The summed E-state index contributed by atoms with van der Waals surface area (Å²) in [6, 6.07) is 0. The van der Waals surface area contributed by atoms with E-state index in [-0.39, 0.29) is 25.7 Å². The zero-order valence-corrected chi connectivity index (χ0v) is 39.2. The number of phosphoric ester groups is 1. The fourth-order valence-electron chi connectivity index (χ4n) is 7.82. The summed E-state index contributed by atoms with van der Waals surface area (Å²) in [6.45, 7) is 2.78. The molecule has 370 valence electrons. The number of rotatable bonds is 23. The van der Waals surface area contributed by atoms with Gasteiger partial charge in [0, 0.05) is 25.2 Å². The molecule has 0 aromatic rings. The summed E-state index contributed by atoms with van der Waals surface area (Å²) in [5.41, 5.74) is 0. The highest BCUT2D eigenvalue weighted by atomic mass is 31.2. The summed E-state index contributed by atoms with van der Waals surface area (Å²) in [5, 5.41) is 78.3. The van der Waals surface area contributed by atoms with Crippen LogP contribution < -0.4 is 0 Å². The first-order chi connectivity index (χ1) is 30.6.